The van der Waals surface area contributed by atoms with Crippen LogP contribution in [0.4, 0.5) is 0 Å². The Morgan fingerprint density at radius 3 is 2.23 bits per heavy atom. The SMILES string of the molecule is CCCC[C@H](N)C(=O)N[C@@H](Cc1ccc(O)cc1)C(=O)ON(C)[C@@H](CCCC)C(=O)O. The quantitative estimate of drug-likeness (QED) is 0.324. The van der Waals surface area contributed by atoms with E-state index in [-0.39, 0.29) is 12.2 Å². The summed E-state index contributed by atoms with van der Waals surface area (Å²) in [5.41, 5.74) is 6.61. The average Bonchev–Trinajstić information content (AvgIpc) is 2.72. The number of unbranched alkanes of at least 4 members (excludes halogenated alkanes) is 2. The van der Waals surface area contributed by atoms with Crippen LogP contribution in [0.2, 0.25) is 0 Å². The van der Waals surface area contributed by atoms with Crippen molar-refractivity contribution in [3.63, 3.8) is 0 Å². The van der Waals surface area contributed by atoms with Crippen LogP contribution in [0.3, 0.4) is 0 Å². The summed E-state index contributed by atoms with van der Waals surface area (Å²) in [6.07, 6.45) is 4.06. The number of phenols is 1. The normalized spacial score (nSPS) is 14.0. The van der Waals surface area contributed by atoms with Crippen molar-refractivity contribution in [1.82, 2.24) is 10.4 Å². The third-order valence-electron chi connectivity index (χ3n) is 4.97. The Labute approximate surface area is 183 Å². The molecule has 1 rings (SSSR count). The first-order valence-electron chi connectivity index (χ1n) is 10.7. The Morgan fingerprint density at radius 2 is 1.68 bits per heavy atom. The molecule has 9 heteroatoms. The van der Waals surface area contributed by atoms with Gasteiger partial charge < -0.3 is 26.1 Å². The second-order valence-electron chi connectivity index (χ2n) is 7.63. The van der Waals surface area contributed by atoms with E-state index < -0.39 is 36.0 Å². The summed E-state index contributed by atoms with van der Waals surface area (Å²) in [5, 5.41) is 22.6. The van der Waals surface area contributed by atoms with Crippen molar-refractivity contribution in [2.24, 2.45) is 5.73 Å². The maximum atomic E-state index is 12.8. The van der Waals surface area contributed by atoms with E-state index in [4.69, 9.17) is 10.6 Å². The highest BCUT2D eigenvalue weighted by atomic mass is 16.7. The highest BCUT2D eigenvalue weighted by Crippen LogP contribution is 2.14. The van der Waals surface area contributed by atoms with Crippen LogP contribution in [-0.2, 0) is 25.6 Å². The van der Waals surface area contributed by atoms with Crippen LogP contribution in [0.5, 0.6) is 5.75 Å². The number of benzene rings is 1. The van der Waals surface area contributed by atoms with E-state index in [0.29, 0.717) is 24.8 Å². The number of amides is 1. The minimum absolute atomic E-state index is 0.0773. The minimum Gasteiger partial charge on any atom is -0.508 e. The highest BCUT2D eigenvalue weighted by Gasteiger charge is 2.30. The van der Waals surface area contributed by atoms with Crippen LogP contribution in [0, 0.1) is 0 Å². The number of nitrogens with zero attached hydrogens (tertiary/aromatic N) is 1. The van der Waals surface area contributed by atoms with Gasteiger partial charge in [-0.25, -0.2) is 4.79 Å². The lowest BCUT2D eigenvalue weighted by Gasteiger charge is -2.26. The minimum atomic E-state index is -1.09. The van der Waals surface area contributed by atoms with Crippen molar-refractivity contribution in [3.05, 3.63) is 29.8 Å². The van der Waals surface area contributed by atoms with Gasteiger partial charge in [-0.1, -0.05) is 51.7 Å². The van der Waals surface area contributed by atoms with Crippen molar-refractivity contribution >= 4 is 17.8 Å². The lowest BCUT2D eigenvalue weighted by atomic mass is 10.0. The number of carbonyl (C=O) groups is 3. The molecule has 31 heavy (non-hydrogen) atoms. The summed E-state index contributed by atoms with van der Waals surface area (Å²) in [7, 11) is 1.39. The van der Waals surface area contributed by atoms with Crippen molar-refractivity contribution in [3.8, 4) is 5.75 Å². The Bertz CT molecular complexity index is 710. The average molecular weight is 438 g/mol. The van der Waals surface area contributed by atoms with Crippen LogP contribution < -0.4 is 11.1 Å². The number of carbonyl (C=O) groups excluding carboxylic acids is 2. The summed E-state index contributed by atoms with van der Waals surface area (Å²) in [5.74, 6) is -2.27. The fourth-order valence-electron chi connectivity index (χ4n) is 3.02. The van der Waals surface area contributed by atoms with Crippen molar-refractivity contribution in [2.45, 2.75) is 76.9 Å². The number of carboxylic acid groups (broad SMARTS) is 1. The number of aliphatic carboxylic acids is 1. The number of aromatic hydroxyl groups is 1. The maximum Gasteiger partial charge on any atom is 0.347 e. The Kier molecular flexibility index (Phi) is 11.6. The number of phenolic OH excluding ortho intramolecular Hbond substituents is 1. The zero-order valence-corrected chi connectivity index (χ0v) is 18.5. The molecule has 0 saturated carbocycles. The number of rotatable bonds is 14. The summed E-state index contributed by atoms with van der Waals surface area (Å²) in [6, 6.07) is 3.40. The molecular formula is C22H35N3O6. The number of nitrogens with one attached hydrogen (secondary N) is 1. The first-order valence-corrected chi connectivity index (χ1v) is 10.7. The van der Waals surface area contributed by atoms with Gasteiger partial charge in [-0.15, -0.1) is 5.06 Å². The fourth-order valence-corrected chi connectivity index (χ4v) is 3.02. The van der Waals surface area contributed by atoms with Crippen LogP contribution in [0.1, 0.15) is 57.9 Å². The Morgan fingerprint density at radius 1 is 1.10 bits per heavy atom. The first kappa shape index (κ1) is 26.4. The Balaban J connectivity index is 2.94. The number of carboxylic acids is 1. The van der Waals surface area contributed by atoms with E-state index >= 15 is 0 Å². The molecule has 0 radical (unpaired) electrons. The van der Waals surface area contributed by atoms with Crippen LogP contribution >= 0.6 is 0 Å². The van der Waals surface area contributed by atoms with Gasteiger partial charge in [0.15, 0.2) is 0 Å². The molecule has 1 aromatic carbocycles. The van der Waals surface area contributed by atoms with E-state index in [1.54, 1.807) is 12.1 Å². The zero-order chi connectivity index (χ0) is 23.4. The van der Waals surface area contributed by atoms with Crippen LogP contribution in [0.15, 0.2) is 24.3 Å². The maximum absolute atomic E-state index is 12.8. The molecule has 0 spiro atoms. The molecule has 174 valence electrons. The van der Waals surface area contributed by atoms with Gasteiger partial charge in [0.1, 0.15) is 17.8 Å². The van der Waals surface area contributed by atoms with Gasteiger partial charge in [-0.05, 0) is 30.5 Å². The molecule has 5 N–H and O–H groups in total. The van der Waals surface area contributed by atoms with Gasteiger partial charge in [-0.2, -0.15) is 0 Å². The number of nitrogens with two attached hydrogens (primary N) is 1. The highest BCUT2D eigenvalue weighted by molar-refractivity contribution is 5.87. The molecule has 0 heterocycles. The topological polar surface area (TPSA) is 142 Å². The van der Waals surface area contributed by atoms with Gasteiger partial charge in [0, 0.05) is 13.5 Å². The molecule has 3 atom stereocenters. The lowest BCUT2D eigenvalue weighted by Crippen LogP contribution is -2.51. The fraction of sp³-hybridized carbons (Fsp3) is 0.591. The van der Waals surface area contributed by atoms with Gasteiger partial charge >= 0.3 is 11.9 Å². The number of hydroxylamine groups is 2. The second kappa shape index (κ2) is 13.6. The smallest absolute Gasteiger partial charge is 0.347 e. The van der Waals surface area contributed by atoms with Gasteiger partial charge in [0.25, 0.3) is 0 Å². The number of hydrogen-bond donors (Lipinski definition) is 4. The molecule has 0 aliphatic carbocycles. The second-order valence-corrected chi connectivity index (χ2v) is 7.63. The third-order valence-corrected chi connectivity index (χ3v) is 4.97. The summed E-state index contributed by atoms with van der Waals surface area (Å²) < 4.78 is 0. The molecule has 0 bridgehead atoms. The monoisotopic (exact) mass is 437 g/mol. The van der Waals surface area contributed by atoms with Crippen molar-refractivity contribution < 1.29 is 29.4 Å². The zero-order valence-electron chi connectivity index (χ0n) is 18.5. The van der Waals surface area contributed by atoms with Crippen LogP contribution in [-0.4, -0.2) is 58.3 Å². The predicted molar refractivity (Wildman–Crippen MR) is 116 cm³/mol. The van der Waals surface area contributed by atoms with Gasteiger partial charge in [-0.3, -0.25) is 9.59 Å². The van der Waals surface area contributed by atoms with E-state index in [0.717, 1.165) is 24.3 Å². The van der Waals surface area contributed by atoms with Crippen LogP contribution in [0.25, 0.3) is 0 Å². The van der Waals surface area contributed by atoms with E-state index in [1.807, 2.05) is 13.8 Å². The van der Waals surface area contributed by atoms with E-state index in [9.17, 15) is 24.6 Å². The van der Waals surface area contributed by atoms with Gasteiger partial charge in [0.05, 0.1) is 6.04 Å². The molecule has 0 unspecified atom stereocenters. The summed E-state index contributed by atoms with van der Waals surface area (Å²) in [6.45, 7) is 3.93. The molecule has 1 aromatic rings. The molecule has 0 aliphatic rings. The largest absolute Gasteiger partial charge is 0.508 e. The number of hydrogen-bond acceptors (Lipinski definition) is 7. The van der Waals surface area contributed by atoms with Crippen molar-refractivity contribution in [2.75, 3.05) is 7.05 Å². The van der Waals surface area contributed by atoms with Crippen molar-refractivity contribution in [1.29, 1.82) is 0 Å². The molecule has 9 nitrogen and oxygen atoms in total. The molecular weight excluding hydrogens is 402 g/mol. The predicted octanol–water partition coefficient (Wildman–Crippen LogP) is 1.97. The molecule has 0 saturated heterocycles. The lowest BCUT2D eigenvalue weighted by molar-refractivity contribution is -0.202. The molecule has 1 amide bonds. The summed E-state index contributed by atoms with van der Waals surface area (Å²) >= 11 is 0. The van der Waals surface area contributed by atoms with E-state index in [1.165, 1.54) is 19.2 Å². The third kappa shape index (κ3) is 9.35. The van der Waals surface area contributed by atoms with Gasteiger partial charge in [0.2, 0.25) is 5.91 Å². The molecule has 0 aliphatic heterocycles. The summed E-state index contributed by atoms with van der Waals surface area (Å²) in [4.78, 5) is 42.2. The number of likely N-dealkylation sites (N-methyl/N-ethyl adjacent to an activating group) is 1. The first-order chi connectivity index (χ1) is 14.7. The standard InChI is InChI=1S/C22H35N3O6/c1-4-6-8-17(23)20(27)24-18(14-15-10-12-16(26)13-11-15)22(30)31-25(3)19(21(28)29)9-7-5-2/h10-13,17-19,26H,4-9,14,23H2,1-3H3,(H,24,27)(H,28,29)/t17-,18-,19-/m0/s1. The molecule has 0 aromatic heterocycles. The molecule has 0 fully saturated rings. The Hall–Kier alpha value is -2.65. The van der Waals surface area contributed by atoms with E-state index in [2.05, 4.69) is 5.32 Å².